The van der Waals surface area contributed by atoms with Gasteiger partial charge in [0.05, 0.1) is 77.9 Å². The Balaban J connectivity index is 0.00000161. The van der Waals surface area contributed by atoms with E-state index in [-0.39, 0.29) is 61.4 Å². The Morgan fingerprint density at radius 1 is 0.667 bits per heavy atom. The van der Waals surface area contributed by atoms with Crippen molar-refractivity contribution in [2.24, 2.45) is 5.73 Å². The van der Waals surface area contributed by atoms with Gasteiger partial charge in [0.2, 0.25) is 35.4 Å². The molecule has 19 nitrogen and oxygen atoms in total. The number of nitrogens with zero attached hydrogens (tertiary/aromatic N) is 2. The van der Waals surface area contributed by atoms with Crippen LogP contribution >= 0.6 is 24.4 Å². The van der Waals surface area contributed by atoms with Crippen LogP contribution in [0, 0.1) is 0 Å². The van der Waals surface area contributed by atoms with Gasteiger partial charge in [0.25, 0.3) is 0 Å². The fraction of sp³-hybridized carbons (Fsp3) is 0.857. The number of thioether (sulfide) groups is 1. The van der Waals surface area contributed by atoms with Gasteiger partial charge < -0.3 is 55.4 Å². The number of hydrogen-bond donors (Lipinski definition) is 6. The second kappa shape index (κ2) is 44.6. The standard InChI is InChI=1S/C28H52N6O8S.C14H29NO4S/c1-30-26(37)22-33(13-9-29)14-11-32-24(35)7-12-34-27(38)21-23(28(34)39)43-20-6-4-3-5-10-31-25(36)8-15-41-18-19-42-17-16-40-2;1-17-9-10-19-12-11-18-8-6-14(16)15-7-4-2-3-5-13-20/h23H,3-22,29H2,1-2H3,(H,30,37)(H,31,36)(H,32,35);20H,2-13H2,1H3,(H,15,16). The Bertz CT molecular complexity index is 1200. The van der Waals surface area contributed by atoms with Crippen LogP contribution in [-0.2, 0) is 57.2 Å². The summed E-state index contributed by atoms with van der Waals surface area (Å²) in [5, 5.41) is 10.7. The van der Waals surface area contributed by atoms with Crippen molar-refractivity contribution in [3.63, 3.8) is 0 Å². The smallest absolute Gasteiger partial charge is 0.242 e. The van der Waals surface area contributed by atoms with Crippen LogP contribution in [0.25, 0.3) is 0 Å². The van der Waals surface area contributed by atoms with Crippen LogP contribution in [0.5, 0.6) is 0 Å². The lowest BCUT2D eigenvalue weighted by Crippen LogP contribution is -2.43. The number of likely N-dealkylation sites (N-methyl/N-ethyl adjacent to an activating group) is 1. The molecule has 0 aromatic rings. The maximum absolute atomic E-state index is 12.7. The zero-order valence-corrected chi connectivity index (χ0v) is 40.1. The van der Waals surface area contributed by atoms with Crippen molar-refractivity contribution in [3.8, 4) is 0 Å². The lowest BCUT2D eigenvalue weighted by atomic mass is 10.2. The number of unbranched alkanes of at least 4 members (excludes halogenated alkanes) is 6. The quantitative estimate of drug-likeness (QED) is 0.0282. The fourth-order valence-corrected chi connectivity index (χ4v) is 7.10. The molecule has 0 saturated carbocycles. The van der Waals surface area contributed by atoms with E-state index in [2.05, 4.69) is 33.9 Å². The number of likely N-dealkylation sites (tertiary alicyclic amines) is 1. The number of rotatable bonds is 42. The molecule has 1 aliphatic heterocycles. The summed E-state index contributed by atoms with van der Waals surface area (Å²) < 4.78 is 30.9. The Hall–Kier alpha value is -2.60. The first-order valence-electron chi connectivity index (χ1n) is 22.4. The first-order valence-corrected chi connectivity index (χ1v) is 24.1. The first kappa shape index (κ1) is 60.4. The highest BCUT2D eigenvalue weighted by Gasteiger charge is 2.38. The second-order valence-electron chi connectivity index (χ2n) is 14.5. The molecule has 0 aromatic heterocycles. The number of carbonyl (C=O) groups excluding carboxylic acids is 6. The van der Waals surface area contributed by atoms with Crippen LogP contribution in [0.1, 0.15) is 77.0 Å². The number of nitrogens with two attached hydrogens (primary N) is 1. The zero-order valence-electron chi connectivity index (χ0n) is 38.4. The summed E-state index contributed by atoms with van der Waals surface area (Å²) in [6, 6.07) is 0. The number of amides is 6. The van der Waals surface area contributed by atoms with E-state index in [1.807, 2.05) is 4.90 Å². The molecular weight excluding hydrogens is 859 g/mol. The predicted octanol–water partition coefficient (Wildman–Crippen LogP) is 0.769. The average Bonchev–Trinajstić information content (AvgIpc) is 3.54. The number of methoxy groups -OCH3 is 2. The van der Waals surface area contributed by atoms with Gasteiger partial charge in [-0.3, -0.25) is 38.6 Å². The van der Waals surface area contributed by atoms with Gasteiger partial charge in [-0.2, -0.15) is 12.6 Å². The molecule has 1 unspecified atom stereocenters. The van der Waals surface area contributed by atoms with Crippen molar-refractivity contribution < 1.29 is 57.2 Å². The van der Waals surface area contributed by atoms with Gasteiger partial charge in [-0.1, -0.05) is 25.7 Å². The summed E-state index contributed by atoms with van der Waals surface area (Å²) in [6.45, 7) is 8.39. The summed E-state index contributed by atoms with van der Waals surface area (Å²) in [5.74, 6) is 0.876. The number of nitrogens with one attached hydrogen (secondary N) is 4. The molecule has 6 amide bonds. The Kier molecular flexibility index (Phi) is 42.8. The van der Waals surface area contributed by atoms with E-state index in [1.54, 1.807) is 21.3 Å². The first-order chi connectivity index (χ1) is 30.6. The van der Waals surface area contributed by atoms with E-state index >= 15 is 0 Å². The van der Waals surface area contributed by atoms with E-state index in [0.717, 1.165) is 63.0 Å². The minimum atomic E-state index is -0.400. The Morgan fingerprint density at radius 2 is 1.16 bits per heavy atom. The number of imide groups is 1. The van der Waals surface area contributed by atoms with Gasteiger partial charge in [-0.15, -0.1) is 11.8 Å². The normalized spacial score (nSPS) is 13.6. The lowest BCUT2D eigenvalue weighted by Gasteiger charge is -2.21. The minimum Gasteiger partial charge on any atom is -0.382 e. The minimum absolute atomic E-state index is 0.0330. The Morgan fingerprint density at radius 3 is 1.68 bits per heavy atom. The molecule has 1 saturated heterocycles. The molecule has 368 valence electrons. The van der Waals surface area contributed by atoms with Crippen LogP contribution in [0.2, 0.25) is 0 Å². The van der Waals surface area contributed by atoms with Crippen molar-refractivity contribution >= 4 is 59.8 Å². The van der Waals surface area contributed by atoms with Crippen molar-refractivity contribution in [1.82, 2.24) is 31.1 Å². The summed E-state index contributed by atoms with van der Waals surface area (Å²) in [5.41, 5.74) is 5.58. The highest BCUT2D eigenvalue weighted by Crippen LogP contribution is 2.26. The van der Waals surface area contributed by atoms with Crippen molar-refractivity contribution in [2.75, 3.05) is 151 Å². The van der Waals surface area contributed by atoms with Gasteiger partial charge >= 0.3 is 0 Å². The van der Waals surface area contributed by atoms with E-state index in [0.29, 0.717) is 112 Å². The third-order valence-electron chi connectivity index (χ3n) is 9.28. The van der Waals surface area contributed by atoms with E-state index in [9.17, 15) is 28.8 Å². The molecule has 1 atom stereocenters. The molecule has 1 rings (SSSR count). The molecule has 1 aliphatic rings. The van der Waals surface area contributed by atoms with Gasteiger partial charge in [0.1, 0.15) is 0 Å². The molecule has 1 fully saturated rings. The van der Waals surface area contributed by atoms with Crippen LogP contribution in [0.15, 0.2) is 0 Å². The van der Waals surface area contributed by atoms with Gasteiger partial charge in [0.15, 0.2) is 0 Å². The van der Waals surface area contributed by atoms with Crippen LogP contribution in [0.3, 0.4) is 0 Å². The number of carbonyl (C=O) groups is 6. The van der Waals surface area contributed by atoms with Crippen LogP contribution in [-0.4, -0.2) is 202 Å². The maximum Gasteiger partial charge on any atom is 0.242 e. The topological polar surface area (TPSA) is 238 Å². The van der Waals surface area contributed by atoms with Gasteiger partial charge in [-0.05, 0) is 37.2 Å². The number of thiol groups is 1. The molecule has 6 N–H and O–H groups in total. The molecule has 0 bridgehead atoms. The van der Waals surface area contributed by atoms with Crippen molar-refractivity contribution in [1.29, 1.82) is 0 Å². The van der Waals surface area contributed by atoms with Gasteiger partial charge in [-0.25, -0.2) is 0 Å². The number of ether oxygens (including phenoxy) is 6. The lowest BCUT2D eigenvalue weighted by molar-refractivity contribution is -0.138. The summed E-state index contributed by atoms with van der Waals surface area (Å²) in [6.07, 6.45) is 9.18. The maximum atomic E-state index is 12.7. The third kappa shape index (κ3) is 37.3. The molecule has 1 heterocycles. The Labute approximate surface area is 386 Å². The predicted molar refractivity (Wildman–Crippen MR) is 248 cm³/mol. The molecule has 0 radical (unpaired) electrons. The highest BCUT2D eigenvalue weighted by molar-refractivity contribution is 8.00. The SMILES string of the molecule is CNC(=O)CN(CCN)CCNC(=O)CCN1C(=O)CC(SCCCCCCNC(=O)CCOCCOCCOC)C1=O.COCCOCCOCCC(=O)NCCCCCCS. The molecule has 63 heavy (non-hydrogen) atoms. The van der Waals surface area contributed by atoms with E-state index in [4.69, 9.17) is 34.2 Å². The monoisotopic (exact) mass is 940 g/mol. The summed E-state index contributed by atoms with van der Waals surface area (Å²) in [7, 11) is 4.82. The van der Waals surface area contributed by atoms with Crippen LogP contribution < -0.4 is 27.0 Å². The summed E-state index contributed by atoms with van der Waals surface area (Å²) >= 11 is 5.65. The zero-order chi connectivity index (χ0) is 46.6. The van der Waals surface area contributed by atoms with Crippen LogP contribution in [0.4, 0.5) is 0 Å². The highest BCUT2D eigenvalue weighted by atomic mass is 32.2. The van der Waals surface area contributed by atoms with Crippen molar-refractivity contribution in [2.45, 2.75) is 82.3 Å². The second-order valence-corrected chi connectivity index (χ2v) is 16.2. The molecule has 0 spiro atoms. The average molecular weight is 940 g/mol. The third-order valence-corrected chi connectivity index (χ3v) is 10.9. The van der Waals surface area contributed by atoms with E-state index < -0.39 is 5.25 Å². The molecule has 0 aliphatic carbocycles. The van der Waals surface area contributed by atoms with Crippen molar-refractivity contribution in [3.05, 3.63) is 0 Å². The number of hydrogen-bond acceptors (Lipinski definition) is 16. The summed E-state index contributed by atoms with van der Waals surface area (Å²) in [4.78, 5) is 75.3. The van der Waals surface area contributed by atoms with E-state index in [1.165, 1.54) is 23.1 Å². The fourth-order valence-electron chi connectivity index (χ4n) is 5.69. The molecular formula is C42H81N7O12S2. The molecule has 0 aromatic carbocycles. The van der Waals surface area contributed by atoms with Gasteiger partial charge in [0, 0.05) is 92.8 Å². The largest absolute Gasteiger partial charge is 0.382 e. The molecule has 21 heteroatoms.